The van der Waals surface area contributed by atoms with Gasteiger partial charge in [-0.2, -0.15) is 0 Å². The van der Waals surface area contributed by atoms with Crippen LogP contribution in [0, 0.1) is 5.92 Å². The van der Waals surface area contributed by atoms with Gasteiger partial charge in [-0.25, -0.2) is 4.79 Å². The molecule has 1 aromatic carbocycles. The zero-order valence-corrected chi connectivity index (χ0v) is 14.4. The van der Waals surface area contributed by atoms with Crippen molar-refractivity contribution < 1.29 is 9.53 Å². The molecule has 0 aromatic heterocycles. The molecule has 0 fully saturated rings. The molecule has 0 amide bonds. The quantitative estimate of drug-likeness (QED) is 0.447. The van der Waals surface area contributed by atoms with Crippen LogP contribution >= 0.6 is 0 Å². The van der Waals surface area contributed by atoms with Crippen molar-refractivity contribution in [2.45, 2.75) is 58.8 Å². The summed E-state index contributed by atoms with van der Waals surface area (Å²) in [6.07, 6.45) is 9.27. The minimum Gasteiger partial charge on any atom is -0.465 e. The van der Waals surface area contributed by atoms with Gasteiger partial charge in [-0.3, -0.25) is 0 Å². The third-order valence-corrected chi connectivity index (χ3v) is 4.02. The van der Waals surface area contributed by atoms with E-state index in [9.17, 15) is 4.79 Å². The van der Waals surface area contributed by atoms with Gasteiger partial charge in [-0.15, -0.1) is 0 Å². The summed E-state index contributed by atoms with van der Waals surface area (Å²) in [7, 11) is 1.42. The molecule has 0 bridgehead atoms. The fraction of sp³-hybridized carbons (Fsp3) is 0.632. The predicted molar refractivity (Wildman–Crippen MR) is 93.4 cm³/mol. The molecule has 0 aliphatic carbocycles. The fourth-order valence-electron chi connectivity index (χ4n) is 2.58. The minimum absolute atomic E-state index is 0.285. The molecule has 1 unspecified atom stereocenters. The first-order valence-corrected chi connectivity index (χ1v) is 8.60. The highest BCUT2D eigenvalue weighted by atomic mass is 16.5. The molecule has 0 saturated heterocycles. The van der Waals surface area contributed by atoms with E-state index >= 15 is 0 Å². The lowest BCUT2D eigenvalue weighted by Gasteiger charge is -2.15. The van der Waals surface area contributed by atoms with Gasteiger partial charge in [0.2, 0.25) is 0 Å². The Labute approximate surface area is 135 Å². The van der Waals surface area contributed by atoms with Crippen LogP contribution in [0.15, 0.2) is 24.3 Å². The highest BCUT2D eigenvalue weighted by Crippen LogP contribution is 2.18. The van der Waals surface area contributed by atoms with Crippen molar-refractivity contribution >= 4 is 11.7 Å². The zero-order valence-electron chi connectivity index (χ0n) is 14.4. The molecule has 1 atom stereocenters. The maximum Gasteiger partial charge on any atom is 0.339 e. The van der Waals surface area contributed by atoms with E-state index in [4.69, 9.17) is 4.74 Å². The number of hydrogen-bond acceptors (Lipinski definition) is 3. The average Bonchev–Trinajstić information content (AvgIpc) is 2.55. The summed E-state index contributed by atoms with van der Waals surface area (Å²) >= 11 is 0. The van der Waals surface area contributed by atoms with E-state index in [0.717, 1.165) is 12.2 Å². The normalized spacial score (nSPS) is 12.0. The van der Waals surface area contributed by atoms with Crippen molar-refractivity contribution in [2.75, 3.05) is 19.0 Å². The Kier molecular flexibility index (Phi) is 9.36. The number of esters is 1. The largest absolute Gasteiger partial charge is 0.465 e. The van der Waals surface area contributed by atoms with Gasteiger partial charge in [-0.1, -0.05) is 64.5 Å². The van der Waals surface area contributed by atoms with Crippen LogP contribution in [0.3, 0.4) is 0 Å². The molecule has 0 radical (unpaired) electrons. The first-order valence-electron chi connectivity index (χ1n) is 8.60. The van der Waals surface area contributed by atoms with Gasteiger partial charge in [0.15, 0.2) is 0 Å². The monoisotopic (exact) mass is 305 g/mol. The number of hydrogen-bond donors (Lipinski definition) is 1. The third kappa shape index (κ3) is 6.97. The Morgan fingerprint density at radius 1 is 1.14 bits per heavy atom. The van der Waals surface area contributed by atoms with Crippen molar-refractivity contribution in [1.82, 2.24) is 0 Å². The summed E-state index contributed by atoms with van der Waals surface area (Å²) < 4.78 is 4.82. The number of benzene rings is 1. The molecular formula is C19H31NO2. The average molecular weight is 305 g/mol. The molecule has 124 valence electrons. The summed E-state index contributed by atoms with van der Waals surface area (Å²) in [5, 5.41) is 3.39. The van der Waals surface area contributed by atoms with Crippen LogP contribution in [-0.4, -0.2) is 19.6 Å². The van der Waals surface area contributed by atoms with Crippen molar-refractivity contribution in [2.24, 2.45) is 5.92 Å². The van der Waals surface area contributed by atoms with E-state index in [2.05, 4.69) is 19.2 Å². The number of para-hydroxylation sites is 1. The molecule has 0 saturated carbocycles. The van der Waals surface area contributed by atoms with Crippen LogP contribution in [0.1, 0.15) is 69.2 Å². The number of carbonyl (C=O) groups excluding carboxylic acids is 1. The van der Waals surface area contributed by atoms with E-state index < -0.39 is 0 Å². The zero-order chi connectivity index (χ0) is 16.2. The van der Waals surface area contributed by atoms with Crippen LogP contribution in [-0.2, 0) is 4.74 Å². The van der Waals surface area contributed by atoms with Gasteiger partial charge < -0.3 is 10.1 Å². The predicted octanol–water partition coefficient (Wildman–Crippen LogP) is 5.27. The number of unbranched alkanes of at least 4 members (excludes halogenated alkanes) is 5. The van der Waals surface area contributed by atoms with Crippen LogP contribution < -0.4 is 5.32 Å². The highest BCUT2D eigenvalue weighted by molar-refractivity contribution is 5.95. The first kappa shape index (κ1) is 18.5. The molecule has 0 aliphatic rings. The Bertz CT molecular complexity index is 431. The lowest BCUT2D eigenvalue weighted by molar-refractivity contribution is 0.0602. The molecule has 0 spiro atoms. The number of anilines is 1. The maximum atomic E-state index is 11.7. The van der Waals surface area contributed by atoms with Gasteiger partial charge in [0.1, 0.15) is 0 Å². The third-order valence-electron chi connectivity index (χ3n) is 4.02. The van der Waals surface area contributed by atoms with Crippen molar-refractivity contribution in [3.05, 3.63) is 29.8 Å². The molecular weight excluding hydrogens is 274 g/mol. The Morgan fingerprint density at radius 3 is 2.55 bits per heavy atom. The molecule has 22 heavy (non-hydrogen) atoms. The van der Waals surface area contributed by atoms with E-state index in [-0.39, 0.29) is 5.97 Å². The van der Waals surface area contributed by atoms with Crippen LogP contribution in [0.2, 0.25) is 0 Å². The van der Waals surface area contributed by atoms with E-state index in [1.165, 1.54) is 52.1 Å². The molecule has 0 heterocycles. The first-order chi connectivity index (χ1) is 10.7. The van der Waals surface area contributed by atoms with Gasteiger partial charge >= 0.3 is 5.97 Å². The summed E-state index contributed by atoms with van der Waals surface area (Å²) in [5.41, 5.74) is 1.47. The SMILES string of the molecule is CCCCCCCCC(C)CNc1ccccc1C(=O)OC. The Hall–Kier alpha value is -1.51. The summed E-state index contributed by atoms with van der Waals surface area (Å²) in [5.74, 6) is 0.323. The second kappa shape index (κ2) is 11.1. The standard InChI is InChI=1S/C19H31NO2/c1-4-5-6-7-8-9-12-16(2)15-20-18-14-11-10-13-17(18)19(21)22-3/h10-11,13-14,16,20H,4-9,12,15H2,1-3H3. The van der Waals surface area contributed by atoms with Crippen LogP contribution in [0.4, 0.5) is 5.69 Å². The maximum absolute atomic E-state index is 11.7. The second-order valence-corrected chi connectivity index (χ2v) is 6.08. The van der Waals surface area contributed by atoms with Crippen LogP contribution in [0.5, 0.6) is 0 Å². The minimum atomic E-state index is -0.285. The van der Waals surface area contributed by atoms with Crippen molar-refractivity contribution in [3.8, 4) is 0 Å². The van der Waals surface area contributed by atoms with E-state index in [1.54, 1.807) is 6.07 Å². The summed E-state index contributed by atoms with van der Waals surface area (Å²) in [6.45, 7) is 5.41. The topological polar surface area (TPSA) is 38.3 Å². The smallest absolute Gasteiger partial charge is 0.339 e. The number of carbonyl (C=O) groups is 1. The Balaban J connectivity index is 2.29. The molecule has 1 N–H and O–H groups in total. The lowest BCUT2D eigenvalue weighted by atomic mass is 10.0. The number of methoxy groups -OCH3 is 1. The second-order valence-electron chi connectivity index (χ2n) is 6.08. The molecule has 3 nitrogen and oxygen atoms in total. The van der Waals surface area contributed by atoms with Crippen molar-refractivity contribution in [1.29, 1.82) is 0 Å². The number of ether oxygens (including phenoxy) is 1. The van der Waals surface area contributed by atoms with Crippen LogP contribution in [0.25, 0.3) is 0 Å². The lowest BCUT2D eigenvalue weighted by Crippen LogP contribution is -2.14. The summed E-state index contributed by atoms with van der Waals surface area (Å²) in [4.78, 5) is 11.7. The van der Waals surface area contributed by atoms with E-state index in [1.807, 2.05) is 18.2 Å². The van der Waals surface area contributed by atoms with Gasteiger partial charge in [0, 0.05) is 12.2 Å². The van der Waals surface area contributed by atoms with Gasteiger partial charge in [0.25, 0.3) is 0 Å². The highest BCUT2D eigenvalue weighted by Gasteiger charge is 2.11. The molecule has 0 aliphatic heterocycles. The molecule has 1 aromatic rings. The van der Waals surface area contributed by atoms with Crippen molar-refractivity contribution in [3.63, 3.8) is 0 Å². The van der Waals surface area contributed by atoms with Gasteiger partial charge in [-0.05, 0) is 24.5 Å². The number of rotatable bonds is 11. The Morgan fingerprint density at radius 2 is 1.82 bits per heavy atom. The molecule has 3 heteroatoms. The van der Waals surface area contributed by atoms with E-state index in [0.29, 0.717) is 11.5 Å². The number of nitrogens with one attached hydrogen (secondary N) is 1. The van der Waals surface area contributed by atoms with Gasteiger partial charge in [0.05, 0.1) is 12.7 Å². The summed E-state index contributed by atoms with van der Waals surface area (Å²) in [6, 6.07) is 7.53. The molecule has 1 rings (SSSR count). The fourth-order valence-corrected chi connectivity index (χ4v) is 2.58.